The third-order valence-electron chi connectivity index (χ3n) is 4.07. The van der Waals surface area contributed by atoms with E-state index in [0.29, 0.717) is 6.61 Å². The third kappa shape index (κ3) is 4.12. The predicted octanol–water partition coefficient (Wildman–Crippen LogP) is 3.86. The largest absolute Gasteiger partial charge is 0.494 e. The molecule has 1 aromatic heterocycles. The molecule has 0 bridgehead atoms. The molecule has 1 N–H and O–H groups in total. The third-order valence-corrected chi connectivity index (χ3v) is 4.07. The van der Waals surface area contributed by atoms with Gasteiger partial charge in [0, 0.05) is 24.8 Å². The highest BCUT2D eigenvalue weighted by Crippen LogP contribution is 2.24. The van der Waals surface area contributed by atoms with Crippen molar-refractivity contribution in [2.45, 2.75) is 26.7 Å². The van der Waals surface area contributed by atoms with Crippen molar-refractivity contribution in [3.8, 4) is 5.75 Å². The average molecular weight is 312 g/mol. The first-order chi connectivity index (χ1) is 11.2. The number of anilines is 3. The summed E-state index contributed by atoms with van der Waals surface area (Å²) in [5, 5.41) is 3.33. The van der Waals surface area contributed by atoms with Crippen LogP contribution < -0.4 is 15.0 Å². The number of hydrogen-bond acceptors (Lipinski definition) is 5. The van der Waals surface area contributed by atoms with Gasteiger partial charge in [-0.05, 0) is 49.9 Å². The second-order valence-electron chi connectivity index (χ2n) is 6.04. The van der Waals surface area contributed by atoms with E-state index in [1.54, 1.807) is 6.33 Å². The van der Waals surface area contributed by atoms with Crippen LogP contribution in [-0.2, 0) is 0 Å². The smallest absolute Gasteiger partial charge is 0.135 e. The molecule has 5 heteroatoms. The zero-order chi connectivity index (χ0) is 16.1. The maximum Gasteiger partial charge on any atom is 0.135 e. The second kappa shape index (κ2) is 7.31. The summed E-state index contributed by atoms with van der Waals surface area (Å²) in [4.78, 5) is 11.1. The van der Waals surface area contributed by atoms with E-state index in [9.17, 15) is 0 Å². The fourth-order valence-electron chi connectivity index (χ4n) is 2.93. The maximum atomic E-state index is 5.46. The average Bonchev–Trinajstić information content (AvgIpc) is 2.57. The molecule has 1 aromatic carbocycles. The van der Waals surface area contributed by atoms with E-state index in [-0.39, 0.29) is 0 Å². The van der Waals surface area contributed by atoms with Crippen LogP contribution in [0.3, 0.4) is 0 Å². The van der Waals surface area contributed by atoms with E-state index < -0.39 is 0 Å². The Morgan fingerprint density at radius 3 is 2.83 bits per heavy atom. The molecule has 5 nitrogen and oxygen atoms in total. The van der Waals surface area contributed by atoms with E-state index in [0.717, 1.165) is 42.1 Å². The van der Waals surface area contributed by atoms with Gasteiger partial charge in [0.1, 0.15) is 23.7 Å². The van der Waals surface area contributed by atoms with Crippen LogP contribution in [0, 0.1) is 5.92 Å². The lowest BCUT2D eigenvalue weighted by Gasteiger charge is -2.31. The van der Waals surface area contributed by atoms with E-state index in [2.05, 4.69) is 27.1 Å². The molecule has 2 heterocycles. The summed E-state index contributed by atoms with van der Waals surface area (Å²) in [5.41, 5.74) is 0.991. The number of rotatable bonds is 5. The van der Waals surface area contributed by atoms with Crippen molar-refractivity contribution in [3.63, 3.8) is 0 Å². The topological polar surface area (TPSA) is 50.3 Å². The van der Waals surface area contributed by atoms with E-state index in [4.69, 9.17) is 4.74 Å². The van der Waals surface area contributed by atoms with Crippen molar-refractivity contribution >= 4 is 17.3 Å². The van der Waals surface area contributed by atoms with Gasteiger partial charge in [-0.1, -0.05) is 6.92 Å². The van der Waals surface area contributed by atoms with Gasteiger partial charge in [-0.2, -0.15) is 0 Å². The molecule has 0 spiro atoms. The normalized spacial score (nSPS) is 17.8. The summed E-state index contributed by atoms with van der Waals surface area (Å²) in [5.74, 6) is 3.42. The Kier molecular flexibility index (Phi) is 4.95. The number of nitrogens with zero attached hydrogens (tertiary/aromatic N) is 3. The SMILES string of the molecule is CCOc1ccc(Nc2cc(N3CCCC(C)C3)ncn2)cc1. The number of ether oxygens (including phenoxy) is 1. The Labute approximate surface area is 137 Å². The predicted molar refractivity (Wildman–Crippen MR) is 93.5 cm³/mol. The van der Waals surface area contributed by atoms with Crippen LogP contribution in [0.4, 0.5) is 17.3 Å². The van der Waals surface area contributed by atoms with Gasteiger partial charge in [0.25, 0.3) is 0 Å². The lowest BCUT2D eigenvalue weighted by Crippen LogP contribution is -2.34. The highest BCUT2D eigenvalue weighted by atomic mass is 16.5. The van der Waals surface area contributed by atoms with Crippen molar-refractivity contribution in [1.82, 2.24) is 9.97 Å². The summed E-state index contributed by atoms with van der Waals surface area (Å²) < 4.78 is 5.46. The minimum atomic E-state index is 0.677. The van der Waals surface area contributed by atoms with Crippen molar-refractivity contribution < 1.29 is 4.74 Å². The summed E-state index contributed by atoms with van der Waals surface area (Å²) in [6.45, 7) is 7.10. The van der Waals surface area contributed by atoms with Crippen LogP contribution in [0.15, 0.2) is 36.7 Å². The highest BCUT2D eigenvalue weighted by molar-refractivity contribution is 5.60. The summed E-state index contributed by atoms with van der Waals surface area (Å²) in [7, 11) is 0. The van der Waals surface area contributed by atoms with Crippen LogP contribution in [0.2, 0.25) is 0 Å². The molecule has 1 saturated heterocycles. The van der Waals surface area contributed by atoms with Gasteiger partial charge in [0.2, 0.25) is 0 Å². The molecular formula is C18H24N4O. The first-order valence-electron chi connectivity index (χ1n) is 8.31. The minimum Gasteiger partial charge on any atom is -0.494 e. The zero-order valence-corrected chi connectivity index (χ0v) is 13.8. The Morgan fingerprint density at radius 2 is 2.09 bits per heavy atom. The molecule has 1 fully saturated rings. The minimum absolute atomic E-state index is 0.677. The Hall–Kier alpha value is -2.30. The number of hydrogen-bond donors (Lipinski definition) is 1. The molecule has 23 heavy (non-hydrogen) atoms. The monoisotopic (exact) mass is 312 g/mol. The molecule has 2 aromatic rings. The van der Waals surface area contributed by atoms with Crippen LogP contribution in [0.5, 0.6) is 5.75 Å². The molecule has 0 aliphatic carbocycles. The van der Waals surface area contributed by atoms with E-state index in [1.165, 1.54) is 12.8 Å². The zero-order valence-electron chi connectivity index (χ0n) is 13.8. The van der Waals surface area contributed by atoms with Gasteiger partial charge >= 0.3 is 0 Å². The Morgan fingerprint density at radius 1 is 1.26 bits per heavy atom. The number of piperidine rings is 1. The van der Waals surface area contributed by atoms with E-state index in [1.807, 2.05) is 37.3 Å². The molecule has 0 amide bonds. The molecule has 3 rings (SSSR count). The van der Waals surface area contributed by atoms with Gasteiger partial charge in [-0.25, -0.2) is 9.97 Å². The van der Waals surface area contributed by atoms with Crippen molar-refractivity contribution in [2.24, 2.45) is 5.92 Å². The first kappa shape index (κ1) is 15.6. The van der Waals surface area contributed by atoms with Crippen molar-refractivity contribution in [2.75, 3.05) is 29.9 Å². The lowest BCUT2D eigenvalue weighted by molar-refractivity contribution is 0.340. The van der Waals surface area contributed by atoms with Crippen LogP contribution in [0.1, 0.15) is 26.7 Å². The number of benzene rings is 1. The lowest BCUT2D eigenvalue weighted by atomic mass is 10.0. The van der Waals surface area contributed by atoms with Crippen LogP contribution >= 0.6 is 0 Å². The van der Waals surface area contributed by atoms with Crippen molar-refractivity contribution in [3.05, 3.63) is 36.7 Å². The van der Waals surface area contributed by atoms with Crippen molar-refractivity contribution in [1.29, 1.82) is 0 Å². The number of aromatic nitrogens is 2. The Balaban J connectivity index is 1.69. The van der Waals surface area contributed by atoms with Gasteiger partial charge in [-0.15, -0.1) is 0 Å². The number of nitrogens with one attached hydrogen (secondary N) is 1. The molecule has 0 radical (unpaired) electrons. The standard InChI is InChI=1S/C18H24N4O/c1-3-23-16-8-6-15(7-9-16)21-17-11-18(20-13-19-17)22-10-4-5-14(2)12-22/h6-9,11,13-14H,3-5,10,12H2,1-2H3,(H,19,20,21). The van der Waals surface area contributed by atoms with Gasteiger partial charge in [-0.3, -0.25) is 0 Å². The van der Waals surface area contributed by atoms with Crippen LogP contribution in [-0.4, -0.2) is 29.7 Å². The fourth-order valence-corrected chi connectivity index (χ4v) is 2.93. The molecule has 1 atom stereocenters. The molecule has 1 aliphatic heterocycles. The maximum absolute atomic E-state index is 5.46. The van der Waals surface area contributed by atoms with E-state index >= 15 is 0 Å². The highest BCUT2D eigenvalue weighted by Gasteiger charge is 2.17. The summed E-state index contributed by atoms with van der Waals surface area (Å²) >= 11 is 0. The Bertz CT molecular complexity index is 629. The summed E-state index contributed by atoms with van der Waals surface area (Å²) in [6, 6.07) is 9.93. The molecule has 122 valence electrons. The molecule has 0 saturated carbocycles. The van der Waals surface area contributed by atoms with Gasteiger partial charge < -0.3 is 15.0 Å². The second-order valence-corrected chi connectivity index (χ2v) is 6.04. The quantitative estimate of drug-likeness (QED) is 0.908. The molecular weight excluding hydrogens is 288 g/mol. The fraction of sp³-hybridized carbons (Fsp3) is 0.444. The summed E-state index contributed by atoms with van der Waals surface area (Å²) in [6.07, 6.45) is 4.16. The van der Waals surface area contributed by atoms with Gasteiger partial charge in [0.05, 0.1) is 6.61 Å². The first-order valence-corrected chi connectivity index (χ1v) is 8.31. The van der Waals surface area contributed by atoms with Crippen LogP contribution in [0.25, 0.3) is 0 Å². The molecule has 1 aliphatic rings. The molecule has 1 unspecified atom stereocenters. The van der Waals surface area contributed by atoms with Gasteiger partial charge in [0.15, 0.2) is 0 Å².